The molecule has 0 bridgehead atoms. The lowest BCUT2D eigenvalue weighted by molar-refractivity contribution is 0.104. The molecule has 0 radical (unpaired) electrons. The van der Waals surface area contributed by atoms with Crippen molar-refractivity contribution >= 4 is 23.2 Å². The molecule has 0 saturated carbocycles. The summed E-state index contributed by atoms with van der Waals surface area (Å²) in [6.45, 7) is 6.60. The highest BCUT2D eigenvalue weighted by atomic mass is 16.5. The molecule has 2 aliphatic rings. The van der Waals surface area contributed by atoms with Gasteiger partial charge >= 0.3 is 0 Å². The van der Waals surface area contributed by atoms with Crippen molar-refractivity contribution in [3.05, 3.63) is 65.7 Å². The highest BCUT2D eigenvalue weighted by Crippen LogP contribution is 2.20. The number of carbonyl (C=O) groups is 1. The van der Waals surface area contributed by atoms with E-state index in [2.05, 4.69) is 40.1 Å². The summed E-state index contributed by atoms with van der Waals surface area (Å²) in [5.41, 5.74) is 4.02. The average molecular weight is 378 g/mol. The Hall–Kier alpha value is -2.63. The number of benzene rings is 2. The molecule has 28 heavy (non-hydrogen) atoms. The van der Waals surface area contributed by atoms with Gasteiger partial charge in [-0.15, -0.1) is 0 Å². The van der Waals surface area contributed by atoms with E-state index in [4.69, 9.17) is 9.47 Å². The number of rotatable bonds is 5. The number of ether oxygens (including phenoxy) is 2. The minimum atomic E-state index is 0.0207. The summed E-state index contributed by atoms with van der Waals surface area (Å²) in [5.74, 6) is 0.0207. The SMILES string of the molecule is O=C(C=Cc1ccc(N2CCOCC2)cc1)c1cccc(N2CCOCC2)c1. The summed E-state index contributed by atoms with van der Waals surface area (Å²) in [7, 11) is 0. The van der Waals surface area contributed by atoms with Crippen LogP contribution in [0, 0.1) is 0 Å². The molecule has 146 valence electrons. The van der Waals surface area contributed by atoms with Crippen molar-refractivity contribution in [2.75, 3.05) is 62.4 Å². The second-order valence-corrected chi connectivity index (χ2v) is 7.04. The van der Waals surface area contributed by atoms with E-state index in [0.717, 1.165) is 63.9 Å². The van der Waals surface area contributed by atoms with Gasteiger partial charge in [0.05, 0.1) is 26.4 Å². The van der Waals surface area contributed by atoms with E-state index >= 15 is 0 Å². The zero-order valence-corrected chi connectivity index (χ0v) is 16.0. The molecule has 0 amide bonds. The Morgan fingerprint density at radius 2 is 1.39 bits per heavy atom. The molecule has 2 aromatic rings. The Balaban J connectivity index is 1.40. The lowest BCUT2D eigenvalue weighted by atomic mass is 10.1. The van der Waals surface area contributed by atoms with E-state index in [0.29, 0.717) is 5.56 Å². The maximum atomic E-state index is 12.6. The molecule has 0 aliphatic carbocycles. The molecule has 5 nitrogen and oxygen atoms in total. The Labute approximate surface area is 166 Å². The van der Waals surface area contributed by atoms with Crippen LogP contribution >= 0.6 is 0 Å². The quantitative estimate of drug-likeness (QED) is 0.590. The molecule has 4 rings (SSSR count). The molecule has 0 aromatic heterocycles. The van der Waals surface area contributed by atoms with Crippen LogP contribution in [0.3, 0.4) is 0 Å². The minimum Gasteiger partial charge on any atom is -0.378 e. The normalized spacial score (nSPS) is 17.9. The largest absolute Gasteiger partial charge is 0.378 e. The maximum absolute atomic E-state index is 12.6. The third-order valence-electron chi connectivity index (χ3n) is 5.20. The minimum absolute atomic E-state index is 0.0207. The first-order chi connectivity index (χ1) is 13.8. The van der Waals surface area contributed by atoms with Crippen LogP contribution in [0.4, 0.5) is 11.4 Å². The molecule has 0 unspecified atom stereocenters. The van der Waals surface area contributed by atoms with Crippen molar-refractivity contribution in [2.24, 2.45) is 0 Å². The Bertz CT molecular complexity index is 820. The smallest absolute Gasteiger partial charge is 0.185 e. The van der Waals surface area contributed by atoms with Crippen LogP contribution in [0.2, 0.25) is 0 Å². The van der Waals surface area contributed by atoms with E-state index in [-0.39, 0.29) is 5.78 Å². The molecule has 5 heteroatoms. The van der Waals surface area contributed by atoms with Gasteiger partial charge < -0.3 is 19.3 Å². The number of hydrogen-bond acceptors (Lipinski definition) is 5. The van der Waals surface area contributed by atoms with Crippen molar-refractivity contribution < 1.29 is 14.3 Å². The van der Waals surface area contributed by atoms with Gasteiger partial charge in [0.2, 0.25) is 0 Å². The molecule has 0 atom stereocenters. The van der Waals surface area contributed by atoms with Crippen LogP contribution in [-0.2, 0) is 9.47 Å². The van der Waals surface area contributed by atoms with E-state index in [1.807, 2.05) is 24.3 Å². The van der Waals surface area contributed by atoms with Crippen molar-refractivity contribution in [1.82, 2.24) is 0 Å². The number of morpholine rings is 2. The maximum Gasteiger partial charge on any atom is 0.185 e. The summed E-state index contributed by atoms with van der Waals surface area (Å²) in [5, 5.41) is 0. The summed E-state index contributed by atoms with van der Waals surface area (Å²) >= 11 is 0. The number of anilines is 2. The van der Waals surface area contributed by atoms with Gasteiger partial charge in [0.25, 0.3) is 0 Å². The lowest BCUT2D eigenvalue weighted by Crippen LogP contribution is -2.36. The van der Waals surface area contributed by atoms with Gasteiger partial charge in [-0.2, -0.15) is 0 Å². The van der Waals surface area contributed by atoms with Crippen molar-refractivity contribution in [3.63, 3.8) is 0 Å². The highest BCUT2D eigenvalue weighted by Gasteiger charge is 2.13. The number of nitrogens with zero attached hydrogens (tertiary/aromatic N) is 2. The van der Waals surface area contributed by atoms with Crippen LogP contribution < -0.4 is 9.80 Å². The van der Waals surface area contributed by atoms with Gasteiger partial charge in [-0.3, -0.25) is 4.79 Å². The first kappa shape index (κ1) is 18.7. The highest BCUT2D eigenvalue weighted by molar-refractivity contribution is 6.07. The van der Waals surface area contributed by atoms with Gasteiger partial charge in [-0.1, -0.05) is 30.3 Å². The second kappa shape index (κ2) is 9.04. The summed E-state index contributed by atoms with van der Waals surface area (Å²) in [4.78, 5) is 17.2. The number of carbonyl (C=O) groups excluding carboxylic acids is 1. The van der Waals surface area contributed by atoms with E-state index in [1.54, 1.807) is 6.08 Å². The van der Waals surface area contributed by atoms with Crippen LogP contribution in [0.15, 0.2) is 54.6 Å². The fraction of sp³-hybridized carbons (Fsp3) is 0.348. The third-order valence-corrected chi connectivity index (χ3v) is 5.20. The molecule has 2 fully saturated rings. The number of hydrogen-bond donors (Lipinski definition) is 0. The predicted molar refractivity (Wildman–Crippen MR) is 112 cm³/mol. The summed E-state index contributed by atoms with van der Waals surface area (Å²) in [6, 6.07) is 16.2. The van der Waals surface area contributed by atoms with Crippen LogP contribution in [0.1, 0.15) is 15.9 Å². The molecule has 0 N–H and O–H groups in total. The fourth-order valence-corrected chi connectivity index (χ4v) is 3.56. The molecular weight excluding hydrogens is 352 g/mol. The Morgan fingerprint density at radius 3 is 2.04 bits per heavy atom. The number of allylic oxidation sites excluding steroid dienone is 1. The first-order valence-corrected chi connectivity index (χ1v) is 9.87. The summed E-state index contributed by atoms with van der Waals surface area (Å²) < 4.78 is 10.8. The standard InChI is InChI=1S/C23H26N2O3/c26-23(20-2-1-3-22(18-20)25-12-16-28-17-13-25)9-6-19-4-7-21(8-5-19)24-10-14-27-15-11-24/h1-9,18H,10-17H2. The summed E-state index contributed by atoms with van der Waals surface area (Å²) in [6.07, 6.45) is 3.54. The van der Waals surface area contributed by atoms with Gasteiger partial charge in [0, 0.05) is 43.1 Å². The lowest BCUT2D eigenvalue weighted by Gasteiger charge is -2.29. The Morgan fingerprint density at radius 1 is 0.786 bits per heavy atom. The molecule has 2 aliphatic heterocycles. The molecule has 2 aromatic carbocycles. The van der Waals surface area contributed by atoms with Gasteiger partial charge in [-0.25, -0.2) is 0 Å². The second-order valence-electron chi connectivity index (χ2n) is 7.04. The topological polar surface area (TPSA) is 42.0 Å². The molecule has 2 saturated heterocycles. The predicted octanol–water partition coefficient (Wildman–Crippen LogP) is 3.26. The zero-order chi connectivity index (χ0) is 19.2. The van der Waals surface area contributed by atoms with Crippen LogP contribution in [0.5, 0.6) is 0 Å². The third kappa shape index (κ3) is 4.61. The van der Waals surface area contributed by atoms with Gasteiger partial charge in [-0.05, 0) is 35.9 Å². The van der Waals surface area contributed by atoms with Gasteiger partial charge in [0.15, 0.2) is 5.78 Å². The fourth-order valence-electron chi connectivity index (χ4n) is 3.56. The van der Waals surface area contributed by atoms with Crippen LogP contribution in [0.25, 0.3) is 6.08 Å². The molecular formula is C23H26N2O3. The van der Waals surface area contributed by atoms with Gasteiger partial charge in [0.1, 0.15) is 0 Å². The van der Waals surface area contributed by atoms with E-state index in [9.17, 15) is 4.79 Å². The average Bonchev–Trinajstić information content (AvgIpc) is 2.79. The zero-order valence-electron chi connectivity index (χ0n) is 16.0. The van der Waals surface area contributed by atoms with Crippen LogP contribution in [-0.4, -0.2) is 58.4 Å². The molecule has 2 heterocycles. The van der Waals surface area contributed by atoms with Crippen molar-refractivity contribution in [2.45, 2.75) is 0 Å². The molecule has 0 spiro atoms. The monoisotopic (exact) mass is 378 g/mol. The van der Waals surface area contributed by atoms with E-state index < -0.39 is 0 Å². The van der Waals surface area contributed by atoms with E-state index in [1.165, 1.54) is 5.69 Å². The first-order valence-electron chi connectivity index (χ1n) is 9.87. The van der Waals surface area contributed by atoms with Crippen molar-refractivity contribution in [3.8, 4) is 0 Å². The van der Waals surface area contributed by atoms with Crippen molar-refractivity contribution in [1.29, 1.82) is 0 Å². The number of ketones is 1. The Kier molecular flexibility index (Phi) is 6.04.